The van der Waals surface area contributed by atoms with E-state index in [-0.39, 0.29) is 23.7 Å². The van der Waals surface area contributed by atoms with E-state index in [1.54, 1.807) is 6.07 Å². The molecule has 3 aromatic rings. The molecule has 7 heteroatoms. The van der Waals surface area contributed by atoms with E-state index < -0.39 is 0 Å². The summed E-state index contributed by atoms with van der Waals surface area (Å²) in [6.07, 6.45) is 5.38. The topological polar surface area (TPSA) is 88.0 Å². The van der Waals surface area contributed by atoms with Gasteiger partial charge in [-0.2, -0.15) is 9.97 Å². The predicted molar refractivity (Wildman–Crippen MR) is 116 cm³/mol. The fourth-order valence-electron chi connectivity index (χ4n) is 3.75. The first-order chi connectivity index (χ1) is 14.6. The molecular weight excluding hydrogens is 400 g/mol. The second-order valence-corrected chi connectivity index (χ2v) is 7.92. The number of aromatic hydroxyl groups is 1. The number of carbonyl (C=O) groups is 1. The summed E-state index contributed by atoms with van der Waals surface area (Å²) in [7, 11) is 0. The summed E-state index contributed by atoms with van der Waals surface area (Å²) in [5.74, 6) is 0.867. The highest BCUT2D eigenvalue weighted by atomic mass is 35.5. The average molecular weight is 423 g/mol. The van der Waals surface area contributed by atoms with Crippen LogP contribution in [0.4, 0.5) is 0 Å². The van der Waals surface area contributed by atoms with Gasteiger partial charge in [-0.05, 0) is 30.5 Å². The van der Waals surface area contributed by atoms with E-state index in [1.807, 2.05) is 42.5 Å². The molecule has 154 valence electrons. The first-order valence-corrected chi connectivity index (χ1v) is 10.5. The zero-order chi connectivity index (χ0) is 20.9. The van der Waals surface area contributed by atoms with Crippen LogP contribution in [0.15, 0.2) is 48.5 Å². The van der Waals surface area contributed by atoms with E-state index in [0.29, 0.717) is 23.0 Å². The van der Waals surface area contributed by atoms with Gasteiger partial charge in [0.1, 0.15) is 0 Å². The molecule has 0 radical (unpaired) electrons. The van der Waals surface area contributed by atoms with Crippen molar-refractivity contribution in [3.63, 3.8) is 0 Å². The van der Waals surface area contributed by atoms with Crippen LogP contribution in [0.1, 0.15) is 37.7 Å². The maximum atomic E-state index is 12.4. The summed E-state index contributed by atoms with van der Waals surface area (Å²) in [5, 5.41) is 13.5. The second kappa shape index (κ2) is 9.22. The summed E-state index contributed by atoms with van der Waals surface area (Å²) in [6, 6.07) is 14.5. The van der Waals surface area contributed by atoms with Gasteiger partial charge in [-0.3, -0.25) is 4.79 Å². The minimum atomic E-state index is -0.370. The maximum absolute atomic E-state index is 12.4. The Morgan fingerprint density at radius 1 is 1.00 bits per heavy atom. The lowest BCUT2D eigenvalue weighted by molar-refractivity contribution is -0.126. The number of benzene rings is 2. The van der Waals surface area contributed by atoms with E-state index >= 15 is 0 Å². The first-order valence-electron chi connectivity index (χ1n) is 10.2. The summed E-state index contributed by atoms with van der Waals surface area (Å²) in [5.41, 5.74) is 2.24. The Morgan fingerprint density at radius 3 is 2.50 bits per heavy atom. The van der Waals surface area contributed by atoms with Gasteiger partial charge in [0.15, 0.2) is 11.6 Å². The normalized spacial score (nSPS) is 14.4. The van der Waals surface area contributed by atoms with Crippen LogP contribution >= 0.6 is 11.6 Å². The molecule has 0 saturated heterocycles. The molecule has 1 amide bonds. The minimum Gasteiger partial charge on any atom is -0.479 e. The first kappa shape index (κ1) is 20.3. The monoisotopic (exact) mass is 422 g/mol. The molecule has 1 aliphatic rings. The van der Waals surface area contributed by atoms with Gasteiger partial charge in [-0.15, -0.1) is 0 Å². The number of nitrogens with one attached hydrogen (secondary N) is 1. The molecule has 1 saturated carbocycles. The fourth-order valence-corrected chi connectivity index (χ4v) is 3.96. The van der Waals surface area contributed by atoms with Gasteiger partial charge in [0, 0.05) is 23.6 Å². The van der Waals surface area contributed by atoms with Crippen molar-refractivity contribution in [2.75, 3.05) is 0 Å². The van der Waals surface area contributed by atoms with Crippen molar-refractivity contribution in [3.8, 4) is 28.8 Å². The highest BCUT2D eigenvalue weighted by Crippen LogP contribution is 2.29. The second-order valence-electron chi connectivity index (χ2n) is 7.52. The van der Waals surface area contributed by atoms with E-state index in [1.165, 1.54) is 6.42 Å². The van der Waals surface area contributed by atoms with Crippen LogP contribution in [0, 0.1) is 5.92 Å². The summed E-state index contributed by atoms with van der Waals surface area (Å²) in [4.78, 5) is 25.0. The van der Waals surface area contributed by atoms with Crippen molar-refractivity contribution in [2.24, 2.45) is 5.92 Å². The van der Waals surface area contributed by atoms with Crippen LogP contribution in [-0.2, 0) is 11.3 Å². The standard InChI is InChI=1S/C23H23ClN4O2/c24-19-12-11-15(14-25-22(29)17-9-5-2-6-10-17)13-18(19)21-26-20(27-23(30)28-21)16-7-3-1-4-8-16/h1,3-4,7-8,11-13,17H,2,5-6,9-10,14H2,(H,25,29)(H,26,27,28,30). The molecule has 2 N–H and O–H groups in total. The molecule has 1 heterocycles. The molecule has 1 aliphatic carbocycles. The van der Waals surface area contributed by atoms with Crippen molar-refractivity contribution < 1.29 is 9.90 Å². The molecule has 4 rings (SSSR count). The maximum Gasteiger partial charge on any atom is 0.318 e. The number of aromatic nitrogens is 3. The Kier molecular flexibility index (Phi) is 6.23. The third kappa shape index (κ3) is 4.76. The SMILES string of the molecule is O=C(NCc1ccc(Cl)c(-c2nc(O)nc(-c3ccccc3)n2)c1)C1CCCCC1. The Morgan fingerprint density at radius 2 is 1.73 bits per heavy atom. The number of nitrogens with zero attached hydrogens (tertiary/aromatic N) is 3. The smallest absolute Gasteiger partial charge is 0.318 e. The van der Waals surface area contributed by atoms with E-state index in [0.717, 1.165) is 36.8 Å². The molecule has 30 heavy (non-hydrogen) atoms. The lowest BCUT2D eigenvalue weighted by atomic mass is 9.88. The molecule has 1 aromatic heterocycles. The Bertz CT molecular complexity index is 1040. The predicted octanol–water partition coefficient (Wildman–Crippen LogP) is 4.76. The largest absolute Gasteiger partial charge is 0.479 e. The lowest BCUT2D eigenvalue weighted by Crippen LogP contribution is -2.31. The quantitative estimate of drug-likeness (QED) is 0.618. The van der Waals surface area contributed by atoms with Gasteiger partial charge < -0.3 is 10.4 Å². The molecular formula is C23H23ClN4O2. The number of hydrogen-bond donors (Lipinski definition) is 2. The van der Waals surface area contributed by atoms with Crippen LogP contribution < -0.4 is 5.32 Å². The fraction of sp³-hybridized carbons (Fsp3) is 0.304. The molecule has 6 nitrogen and oxygen atoms in total. The zero-order valence-electron chi connectivity index (χ0n) is 16.5. The van der Waals surface area contributed by atoms with Crippen LogP contribution in [0.5, 0.6) is 6.01 Å². The van der Waals surface area contributed by atoms with Crippen LogP contribution in [-0.4, -0.2) is 26.0 Å². The molecule has 1 fully saturated rings. The number of rotatable bonds is 5. The van der Waals surface area contributed by atoms with Crippen molar-refractivity contribution in [2.45, 2.75) is 38.6 Å². The Balaban J connectivity index is 1.56. The highest BCUT2D eigenvalue weighted by molar-refractivity contribution is 6.33. The third-order valence-corrected chi connectivity index (χ3v) is 5.70. The molecule has 0 aliphatic heterocycles. The van der Waals surface area contributed by atoms with Gasteiger partial charge in [0.25, 0.3) is 0 Å². The summed E-state index contributed by atoms with van der Waals surface area (Å²) in [6.45, 7) is 0.405. The molecule has 0 spiro atoms. The third-order valence-electron chi connectivity index (χ3n) is 5.37. The van der Waals surface area contributed by atoms with E-state index in [2.05, 4.69) is 20.3 Å². The molecule has 0 bridgehead atoms. The molecule has 0 atom stereocenters. The summed E-state index contributed by atoms with van der Waals surface area (Å²) >= 11 is 6.40. The average Bonchev–Trinajstić information content (AvgIpc) is 2.79. The van der Waals surface area contributed by atoms with Gasteiger partial charge in [-0.1, -0.05) is 67.3 Å². The van der Waals surface area contributed by atoms with Crippen LogP contribution in [0.3, 0.4) is 0 Å². The van der Waals surface area contributed by atoms with Gasteiger partial charge in [0.2, 0.25) is 5.91 Å². The van der Waals surface area contributed by atoms with Crippen molar-refractivity contribution >= 4 is 17.5 Å². The van der Waals surface area contributed by atoms with Crippen molar-refractivity contribution in [1.82, 2.24) is 20.3 Å². The zero-order valence-corrected chi connectivity index (χ0v) is 17.3. The van der Waals surface area contributed by atoms with E-state index in [4.69, 9.17) is 11.6 Å². The van der Waals surface area contributed by atoms with Gasteiger partial charge >= 0.3 is 6.01 Å². The Hall–Kier alpha value is -2.99. The lowest BCUT2D eigenvalue weighted by Gasteiger charge is -2.20. The van der Waals surface area contributed by atoms with Crippen LogP contribution in [0.25, 0.3) is 22.8 Å². The molecule has 2 aromatic carbocycles. The van der Waals surface area contributed by atoms with Crippen molar-refractivity contribution in [1.29, 1.82) is 0 Å². The number of hydrogen-bond acceptors (Lipinski definition) is 5. The Labute approximate surface area is 180 Å². The molecule has 0 unspecified atom stereocenters. The van der Waals surface area contributed by atoms with Gasteiger partial charge in [0.05, 0.1) is 5.02 Å². The van der Waals surface area contributed by atoms with E-state index in [9.17, 15) is 9.90 Å². The van der Waals surface area contributed by atoms with Gasteiger partial charge in [-0.25, -0.2) is 4.98 Å². The number of halogens is 1. The number of carbonyl (C=O) groups excluding carboxylic acids is 1. The summed E-state index contributed by atoms with van der Waals surface area (Å²) < 4.78 is 0. The minimum absolute atomic E-state index is 0.107. The highest BCUT2D eigenvalue weighted by Gasteiger charge is 2.21. The number of amides is 1. The van der Waals surface area contributed by atoms with Crippen molar-refractivity contribution in [3.05, 3.63) is 59.1 Å². The van der Waals surface area contributed by atoms with Crippen LogP contribution in [0.2, 0.25) is 5.02 Å².